The van der Waals surface area contributed by atoms with Gasteiger partial charge >= 0.3 is 0 Å². The van der Waals surface area contributed by atoms with E-state index < -0.39 is 11.0 Å². The van der Waals surface area contributed by atoms with Crippen molar-refractivity contribution in [2.75, 3.05) is 0 Å². The summed E-state index contributed by atoms with van der Waals surface area (Å²) >= 11 is 3.70. The number of nitro benzene ring substituents is 1. The monoisotopic (exact) mass is 450 g/mol. The number of nitrogens with zero attached hydrogens (tertiary/aromatic N) is 4. The van der Waals surface area contributed by atoms with Crippen LogP contribution >= 0.6 is 15.9 Å². The Morgan fingerprint density at radius 3 is 2.38 bits per heavy atom. The van der Waals surface area contributed by atoms with E-state index in [4.69, 9.17) is 0 Å². The summed E-state index contributed by atoms with van der Waals surface area (Å²) in [4.78, 5) is 27.5. The second-order valence-corrected chi connectivity index (χ2v) is 7.42. The Balaban J connectivity index is 1.77. The summed E-state index contributed by atoms with van der Waals surface area (Å²) in [5, 5.41) is 17.0. The fourth-order valence-corrected chi connectivity index (χ4v) is 4.11. The van der Waals surface area contributed by atoms with E-state index in [0.29, 0.717) is 11.3 Å². The van der Waals surface area contributed by atoms with E-state index in [1.54, 1.807) is 30.5 Å². The number of nitro groups is 1. The van der Waals surface area contributed by atoms with Crippen LogP contribution in [0.4, 0.5) is 5.69 Å². The number of carbonyl (C=O) groups is 1. The maximum Gasteiger partial charge on any atom is 0.276 e. The van der Waals surface area contributed by atoms with E-state index >= 15 is 0 Å². The molecule has 2 heterocycles. The van der Waals surface area contributed by atoms with Crippen LogP contribution in [0.3, 0.4) is 0 Å². The minimum absolute atomic E-state index is 0.00722. The molecule has 2 aromatic carbocycles. The maximum atomic E-state index is 13.2. The molecule has 1 aliphatic rings. The molecule has 0 bridgehead atoms. The Bertz CT molecular complexity index is 1070. The summed E-state index contributed by atoms with van der Waals surface area (Å²) in [6.07, 6.45) is 3.09. The Morgan fingerprint density at radius 1 is 1.03 bits per heavy atom. The summed E-state index contributed by atoms with van der Waals surface area (Å²) < 4.78 is 0. The fraction of sp³-hybridized carbons (Fsp3) is 0.0952. The molecule has 2 unspecified atom stereocenters. The zero-order valence-corrected chi connectivity index (χ0v) is 16.6. The van der Waals surface area contributed by atoms with Crippen molar-refractivity contribution >= 4 is 33.2 Å². The van der Waals surface area contributed by atoms with Gasteiger partial charge in [-0.15, -0.1) is 0 Å². The van der Waals surface area contributed by atoms with Crippen molar-refractivity contribution in [3.05, 3.63) is 106 Å². The van der Waals surface area contributed by atoms with Crippen LogP contribution < -0.4 is 0 Å². The Labute approximate surface area is 175 Å². The van der Waals surface area contributed by atoms with Gasteiger partial charge in [0, 0.05) is 24.5 Å². The number of amides is 1. The van der Waals surface area contributed by atoms with Crippen molar-refractivity contribution in [3.8, 4) is 0 Å². The van der Waals surface area contributed by atoms with Crippen LogP contribution in [0.1, 0.15) is 27.5 Å². The second-order valence-electron chi connectivity index (χ2n) is 6.44. The molecule has 3 aromatic rings. The molecule has 0 radical (unpaired) electrons. The number of halogens is 1. The fourth-order valence-electron chi connectivity index (χ4n) is 3.23. The van der Waals surface area contributed by atoms with E-state index in [1.165, 1.54) is 23.3 Å². The van der Waals surface area contributed by atoms with Crippen LogP contribution in [0.2, 0.25) is 0 Å². The predicted molar refractivity (Wildman–Crippen MR) is 112 cm³/mol. The number of carbonyl (C=O) groups excluding carboxylic acids is 1. The molecule has 0 aliphatic carbocycles. The molecular weight excluding hydrogens is 436 g/mol. The van der Waals surface area contributed by atoms with Gasteiger partial charge in [0.2, 0.25) is 0 Å². The lowest BCUT2D eigenvalue weighted by Crippen LogP contribution is -2.31. The number of hydrogen-bond donors (Lipinski definition) is 0. The van der Waals surface area contributed by atoms with Crippen molar-refractivity contribution in [2.24, 2.45) is 5.10 Å². The molecule has 0 saturated carbocycles. The molecule has 0 spiro atoms. The topological polar surface area (TPSA) is 88.7 Å². The average Bonchev–Trinajstić information content (AvgIpc) is 3.11. The molecule has 2 atom stereocenters. The van der Waals surface area contributed by atoms with Crippen molar-refractivity contribution in [2.45, 2.75) is 10.9 Å². The van der Waals surface area contributed by atoms with Gasteiger partial charge in [-0.1, -0.05) is 46.3 Å². The third-order valence-corrected chi connectivity index (χ3v) is 5.58. The highest BCUT2D eigenvalue weighted by Crippen LogP contribution is 2.38. The highest BCUT2D eigenvalue weighted by atomic mass is 79.9. The lowest BCUT2D eigenvalue weighted by Gasteiger charge is -2.24. The Morgan fingerprint density at radius 2 is 1.76 bits per heavy atom. The van der Waals surface area contributed by atoms with Gasteiger partial charge in [-0.05, 0) is 35.4 Å². The SMILES string of the molecule is O=C(c1cccnc1)N1N=C(c2ccccc2)C(Br)C1c1ccc([N+](=O)[O-])cc1. The first kappa shape index (κ1) is 18.9. The van der Waals surface area contributed by atoms with Crippen LogP contribution in [-0.4, -0.2) is 31.4 Å². The Kier molecular flexibility index (Phi) is 5.18. The molecule has 29 heavy (non-hydrogen) atoms. The normalized spacial score (nSPS) is 18.4. The number of pyridine rings is 1. The number of rotatable bonds is 4. The van der Waals surface area contributed by atoms with Crippen molar-refractivity contribution < 1.29 is 9.72 Å². The molecule has 0 saturated heterocycles. The largest absolute Gasteiger partial charge is 0.276 e. The predicted octanol–water partition coefficient (Wildman–Crippen LogP) is 4.35. The zero-order chi connectivity index (χ0) is 20.4. The molecule has 144 valence electrons. The summed E-state index contributed by atoms with van der Waals surface area (Å²) in [6.45, 7) is 0. The lowest BCUT2D eigenvalue weighted by atomic mass is 9.98. The molecule has 7 nitrogen and oxygen atoms in total. The van der Waals surface area contributed by atoms with Crippen molar-refractivity contribution in [1.82, 2.24) is 9.99 Å². The van der Waals surface area contributed by atoms with Crippen molar-refractivity contribution in [1.29, 1.82) is 0 Å². The minimum atomic E-state index is -0.460. The molecule has 1 amide bonds. The molecule has 8 heteroatoms. The highest BCUT2D eigenvalue weighted by Gasteiger charge is 2.41. The van der Waals surface area contributed by atoms with Gasteiger partial charge in [0.1, 0.15) is 0 Å². The molecule has 1 aromatic heterocycles. The smallest absolute Gasteiger partial charge is 0.267 e. The number of benzene rings is 2. The maximum absolute atomic E-state index is 13.2. The number of non-ortho nitro benzene ring substituents is 1. The van der Waals surface area contributed by atoms with Crippen LogP contribution in [-0.2, 0) is 0 Å². The summed E-state index contributed by atoms with van der Waals surface area (Å²) in [6, 6.07) is 18.7. The average molecular weight is 451 g/mol. The van der Waals surface area contributed by atoms with Gasteiger partial charge in [0.25, 0.3) is 11.6 Å². The first-order valence-electron chi connectivity index (χ1n) is 8.82. The van der Waals surface area contributed by atoms with Crippen molar-refractivity contribution in [3.63, 3.8) is 0 Å². The third kappa shape index (κ3) is 3.66. The van der Waals surface area contributed by atoms with Crippen LogP contribution in [0.25, 0.3) is 0 Å². The van der Waals surface area contributed by atoms with Crippen LogP contribution in [0.15, 0.2) is 84.2 Å². The Hall–Kier alpha value is -3.39. The summed E-state index contributed by atoms with van der Waals surface area (Å²) in [5.41, 5.74) is 2.75. The van der Waals surface area contributed by atoms with Gasteiger partial charge in [0.05, 0.1) is 27.1 Å². The van der Waals surface area contributed by atoms with Crippen LogP contribution in [0.5, 0.6) is 0 Å². The van der Waals surface area contributed by atoms with E-state index in [2.05, 4.69) is 26.0 Å². The van der Waals surface area contributed by atoms with E-state index in [0.717, 1.165) is 11.1 Å². The highest BCUT2D eigenvalue weighted by molar-refractivity contribution is 9.10. The quantitative estimate of drug-likeness (QED) is 0.335. The van der Waals surface area contributed by atoms with E-state index in [1.807, 2.05) is 30.3 Å². The number of alkyl halides is 1. The molecule has 4 rings (SSSR count). The minimum Gasteiger partial charge on any atom is -0.267 e. The van der Waals surface area contributed by atoms with Gasteiger partial charge in [0.15, 0.2) is 0 Å². The van der Waals surface area contributed by atoms with Gasteiger partial charge in [-0.25, -0.2) is 5.01 Å². The number of aromatic nitrogens is 1. The molecular formula is C21H15BrN4O3. The van der Waals surface area contributed by atoms with Gasteiger partial charge in [-0.2, -0.15) is 5.10 Å². The van der Waals surface area contributed by atoms with Crippen LogP contribution in [0, 0.1) is 10.1 Å². The standard InChI is InChI=1S/C21H15BrN4O3/c22-18-19(14-5-2-1-3-6-14)24-25(21(27)16-7-4-12-23-13-16)20(18)15-8-10-17(11-9-15)26(28)29/h1-13,18,20H. The van der Waals surface area contributed by atoms with Gasteiger partial charge < -0.3 is 0 Å². The third-order valence-electron chi connectivity index (χ3n) is 4.65. The first-order valence-corrected chi connectivity index (χ1v) is 9.74. The number of hydrazone groups is 1. The van der Waals surface area contributed by atoms with E-state index in [9.17, 15) is 14.9 Å². The first-order chi connectivity index (χ1) is 14.1. The summed E-state index contributed by atoms with van der Waals surface area (Å²) in [5.74, 6) is -0.295. The molecule has 1 aliphatic heterocycles. The van der Waals surface area contributed by atoms with E-state index in [-0.39, 0.29) is 16.4 Å². The lowest BCUT2D eigenvalue weighted by molar-refractivity contribution is -0.384. The summed E-state index contributed by atoms with van der Waals surface area (Å²) in [7, 11) is 0. The number of hydrogen-bond acceptors (Lipinski definition) is 5. The zero-order valence-electron chi connectivity index (χ0n) is 15.1. The molecule has 0 N–H and O–H groups in total. The van der Waals surface area contributed by atoms with Gasteiger partial charge in [-0.3, -0.25) is 19.9 Å². The second kappa shape index (κ2) is 7.92. The molecule has 0 fully saturated rings.